The van der Waals surface area contributed by atoms with Gasteiger partial charge in [-0.2, -0.15) is 0 Å². The lowest BCUT2D eigenvalue weighted by Gasteiger charge is -2.37. The second-order valence-electron chi connectivity index (χ2n) is 8.43. The third-order valence-corrected chi connectivity index (χ3v) is 6.47. The molecule has 0 saturated heterocycles. The smallest absolute Gasteiger partial charge is 0.0679 e. The highest BCUT2D eigenvalue weighted by atomic mass is 14.6. The minimum absolute atomic E-state index is 0.154. The third kappa shape index (κ3) is 2.66. The molecule has 0 heterocycles. The maximum Gasteiger partial charge on any atom is 0.0679 e. The van der Waals surface area contributed by atoms with Crippen molar-refractivity contribution in [3.05, 3.63) is 119 Å². The molecule has 2 atom stereocenters. The third-order valence-electron chi connectivity index (χ3n) is 6.47. The Balaban J connectivity index is 0.000000573. The molecule has 3 aliphatic carbocycles. The van der Waals surface area contributed by atoms with E-state index in [1.54, 1.807) is 5.57 Å². The Bertz CT molecular complexity index is 1040. The van der Waals surface area contributed by atoms with Crippen molar-refractivity contribution < 1.29 is 0 Å². The normalized spacial score (nSPS) is 21.8. The summed E-state index contributed by atoms with van der Waals surface area (Å²) in [6, 6.07) is 29.1. The van der Waals surface area contributed by atoms with Crippen LogP contribution in [0.1, 0.15) is 43.4 Å². The van der Waals surface area contributed by atoms with Gasteiger partial charge in [-0.15, -0.1) is 0 Å². The van der Waals surface area contributed by atoms with Gasteiger partial charge in [0.15, 0.2) is 0 Å². The molecule has 0 heteroatoms. The van der Waals surface area contributed by atoms with Crippen LogP contribution in [0.2, 0.25) is 0 Å². The fourth-order valence-corrected chi connectivity index (χ4v) is 5.33. The highest BCUT2D eigenvalue weighted by molar-refractivity contribution is 5.86. The van der Waals surface area contributed by atoms with Crippen molar-refractivity contribution >= 4 is 0 Å². The molecular formula is C29H28. The summed E-state index contributed by atoms with van der Waals surface area (Å²) in [5.41, 5.74) is 8.48. The van der Waals surface area contributed by atoms with Gasteiger partial charge in [0.1, 0.15) is 0 Å². The number of rotatable bonds is 2. The minimum atomic E-state index is -0.154. The molecule has 3 aromatic rings. The molecule has 0 radical (unpaired) electrons. The van der Waals surface area contributed by atoms with Crippen molar-refractivity contribution in [3.63, 3.8) is 0 Å². The monoisotopic (exact) mass is 376 g/mol. The van der Waals surface area contributed by atoms with E-state index in [4.69, 9.17) is 0 Å². The largest absolute Gasteiger partial charge is 0.0808 e. The topological polar surface area (TPSA) is 0 Å². The first-order valence-corrected chi connectivity index (χ1v) is 11.0. The molecule has 0 N–H and O–H groups in total. The summed E-state index contributed by atoms with van der Waals surface area (Å²) in [5.74, 6) is 1.41. The maximum atomic E-state index is 2.40. The Morgan fingerprint density at radius 3 is 1.93 bits per heavy atom. The van der Waals surface area contributed by atoms with Gasteiger partial charge < -0.3 is 0 Å². The standard InChI is InChI=1S/C26H20.C3H8/c1-2-10-19(11-3-1)26(25-16-8-9-18-17-22(18)25)23-14-6-4-12-20(23)21-13-5-7-15-24(21)26;1-3-2/h1-16,18,22H,17H2;3H2,1-2H3. The number of allylic oxidation sites excluding steroid dienone is 4. The summed E-state index contributed by atoms with van der Waals surface area (Å²) in [4.78, 5) is 0. The average Bonchev–Trinajstić information content (AvgIpc) is 3.51. The summed E-state index contributed by atoms with van der Waals surface area (Å²) in [5, 5.41) is 0. The Hall–Kier alpha value is -2.86. The second-order valence-corrected chi connectivity index (χ2v) is 8.43. The van der Waals surface area contributed by atoms with E-state index in [0.29, 0.717) is 5.92 Å². The molecule has 1 fully saturated rings. The molecule has 0 spiro atoms. The van der Waals surface area contributed by atoms with E-state index in [2.05, 4.69) is 111 Å². The van der Waals surface area contributed by atoms with E-state index in [0.717, 1.165) is 5.92 Å². The van der Waals surface area contributed by atoms with Gasteiger partial charge in [0.25, 0.3) is 0 Å². The van der Waals surface area contributed by atoms with Crippen LogP contribution in [0.15, 0.2) is 103 Å². The molecule has 3 aliphatic rings. The first-order valence-electron chi connectivity index (χ1n) is 11.0. The van der Waals surface area contributed by atoms with Crippen LogP contribution in [0.3, 0.4) is 0 Å². The Morgan fingerprint density at radius 2 is 1.31 bits per heavy atom. The van der Waals surface area contributed by atoms with Gasteiger partial charge in [0.2, 0.25) is 0 Å². The van der Waals surface area contributed by atoms with E-state index in [1.807, 2.05) is 0 Å². The molecule has 1 saturated carbocycles. The van der Waals surface area contributed by atoms with Crippen LogP contribution in [0.25, 0.3) is 11.1 Å². The molecule has 0 bridgehead atoms. The zero-order valence-electron chi connectivity index (χ0n) is 17.3. The highest BCUT2D eigenvalue weighted by Gasteiger charge is 2.53. The van der Waals surface area contributed by atoms with Crippen molar-refractivity contribution in [2.75, 3.05) is 0 Å². The van der Waals surface area contributed by atoms with Gasteiger partial charge in [0.05, 0.1) is 5.41 Å². The van der Waals surface area contributed by atoms with Gasteiger partial charge in [0, 0.05) is 0 Å². The predicted octanol–water partition coefficient (Wildman–Crippen LogP) is 7.55. The molecule has 3 aromatic carbocycles. The molecular weight excluding hydrogens is 348 g/mol. The molecule has 0 nitrogen and oxygen atoms in total. The van der Waals surface area contributed by atoms with Crippen molar-refractivity contribution in [1.29, 1.82) is 0 Å². The summed E-state index contributed by atoms with van der Waals surface area (Å²) in [6.45, 7) is 4.25. The van der Waals surface area contributed by atoms with E-state index < -0.39 is 0 Å². The molecule has 0 aromatic heterocycles. The van der Waals surface area contributed by atoms with Crippen molar-refractivity contribution in [2.45, 2.75) is 32.1 Å². The lowest BCUT2D eigenvalue weighted by molar-refractivity contribution is 0.670. The fourth-order valence-electron chi connectivity index (χ4n) is 5.33. The first-order chi connectivity index (χ1) is 14.3. The minimum Gasteiger partial charge on any atom is -0.0808 e. The maximum absolute atomic E-state index is 2.40. The summed E-state index contributed by atoms with van der Waals surface area (Å²) < 4.78 is 0. The highest BCUT2D eigenvalue weighted by Crippen LogP contribution is 2.63. The van der Waals surface area contributed by atoms with Crippen LogP contribution in [0, 0.1) is 11.8 Å². The SMILES string of the molecule is C1=CC2CC2C(C2(c3ccccc3)c3ccccc3-c3ccccc32)=C1.CCC. The van der Waals surface area contributed by atoms with Crippen LogP contribution in [-0.4, -0.2) is 0 Å². The van der Waals surface area contributed by atoms with Crippen LogP contribution in [-0.2, 0) is 5.41 Å². The molecule has 0 aliphatic heterocycles. The van der Waals surface area contributed by atoms with Gasteiger partial charge in [-0.1, -0.05) is 117 Å². The van der Waals surface area contributed by atoms with Crippen LogP contribution in [0.4, 0.5) is 0 Å². The predicted molar refractivity (Wildman–Crippen MR) is 123 cm³/mol. The second kappa shape index (κ2) is 7.19. The molecule has 29 heavy (non-hydrogen) atoms. The fraction of sp³-hybridized carbons (Fsp3) is 0.241. The summed E-state index contributed by atoms with van der Waals surface area (Å²) >= 11 is 0. The zero-order chi connectivity index (χ0) is 19.8. The Morgan fingerprint density at radius 1 is 0.759 bits per heavy atom. The van der Waals surface area contributed by atoms with Gasteiger partial charge in [-0.05, 0) is 51.6 Å². The molecule has 6 rings (SSSR count). The van der Waals surface area contributed by atoms with E-state index in [9.17, 15) is 0 Å². The van der Waals surface area contributed by atoms with Gasteiger partial charge >= 0.3 is 0 Å². The van der Waals surface area contributed by atoms with Crippen LogP contribution >= 0.6 is 0 Å². The Kier molecular flexibility index (Phi) is 4.51. The molecule has 0 amide bonds. The summed E-state index contributed by atoms with van der Waals surface area (Å²) in [6.07, 6.45) is 9.62. The molecule has 144 valence electrons. The Labute approximate surface area is 174 Å². The first kappa shape index (κ1) is 18.2. The van der Waals surface area contributed by atoms with Crippen LogP contribution < -0.4 is 0 Å². The van der Waals surface area contributed by atoms with Gasteiger partial charge in [-0.25, -0.2) is 0 Å². The van der Waals surface area contributed by atoms with E-state index in [1.165, 1.54) is 40.7 Å². The van der Waals surface area contributed by atoms with E-state index >= 15 is 0 Å². The van der Waals surface area contributed by atoms with Crippen molar-refractivity contribution in [1.82, 2.24) is 0 Å². The lowest BCUT2D eigenvalue weighted by atomic mass is 9.65. The number of fused-ring (bicyclic) bond motifs is 4. The van der Waals surface area contributed by atoms with Crippen molar-refractivity contribution in [2.24, 2.45) is 11.8 Å². The van der Waals surface area contributed by atoms with Crippen LogP contribution in [0.5, 0.6) is 0 Å². The lowest BCUT2D eigenvalue weighted by Crippen LogP contribution is -2.31. The van der Waals surface area contributed by atoms with Gasteiger partial charge in [-0.3, -0.25) is 0 Å². The zero-order valence-corrected chi connectivity index (χ0v) is 17.3. The van der Waals surface area contributed by atoms with E-state index in [-0.39, 0.29) is 5.41 Å². The van der Waals surface area contributed by atoms with Crippen molar-refractivity contribution in [3.8, 4) is 11.1 Å². The number of hydrogen-bond donors (Lipinski definition) is 0. The number of hydrogen-bond acceptors (Lipinski definition) is 0. The summed E-state index contributed by atoms with van der Waals surface area (Å²) in [7, 11) is 0. The molecule has 2 unspecified atom stereocenters. The number of benzene rings is 3. The average molecular weight is 377 g/mol. The quantitative estimate of drug-likeness (QED) is 0.433.